The third-order valence-electron chi connectivity index (χ3n) is 5.06. The molecule has 1 saturated carbocycles. The molecule has 2 atom stereocenters. The van der Waals surface area contributed by atoms with Gasteiger partial charge in [-0.25, -0.2) is 0 Å². The Balaban J connectivity index is 1.78. The number of hydrogen-bond acceptors (Lipinski definition) is 2. The van der Waals surface area contributed by atoms with Crippen molar-refractivity contribution in [3.63, 3.8) is 0 Å². The van der Waals surface area contributed by atoms with Gasteiger partial charge >= 0.3 is 0 Å². The van der Waals surface area contributed by atoms with Gasteiger partial charge in [-0.05, 0) is 64.3 Å². The van der Waals surface area contributed by atoms with Gasteiger partial charge < -0.3 is 5.32 Å². The summed E-state index contributed by atoms with van der Waals surface area (Å²) in [6.07, 6.45) is 9.76. The van der Waals surface area contributed by atoms with Crippen LogP contribution in [0.4, 0.5) is 0 Å². The molecule has 0 radical (unpaired) electrons. The Bertz CT molecular complexity index is 233. The van der Waals surface area contributed by atoms with E-state index in [-0.39, 0.29) is 0 Å². The van der Waals surface area contributed by atoms with Crippen LogP contribution < -0.4 is 5.32 Å². The highest BCUT2D eigenvalue weighted by atomic mass is 15.2. The molecule has 106 valence electrons. The molecule has 2 heteroatoms. The van der Waals surface area contributed by atoms with Crippen molar-refractivity contribution in [1.29, 1.82) is 0 Å². The van der Waals surface area contributed by atoms with Crippen molar-refractivity contribution in [3.8, 4) is 0 Å². The molecule has 2 nitrogen and oxygen atoms in total. The van der Waals surface area contributed by atoms with Gasteiger partial charge in [-0.1, -0.05) is 13.8 Å². The van der Waals surface area contributed by atoms with Gasteiger partial charge in [0.2, 0.25) is 0 Å². The summed E-state index contributed by atoms with van der Waals surface area (Å²) in [6.45, 7) is 9.63. The van der Waals surface area contributed by atoms with Gasteiger partial charge in [-0.15, -0.1) is 0 Å². The van der Waals surface area contributed by atoms with Crippen molar-refractivity contribution < 1.29 is 0 Å². The Morgan fingerprint density at radius 3 is 2.39 bits per heavy atom. The molecule has 2 aliphatic rings. The van der Waals surface area contributed by atoms with E-state index in [9.17, 15) is 0 Å². The predicted molar refractivity (Wildman–Crippen MR) is 78.9 cm³/mol. The summed E-state index contributed by atoms with van der Waals surface area (Å²) in [6, 6.07) is 2.45. The lowest BCUT2D eigenvalue weighted by Crippen LogP contribution is -2.52. The molecule has 1 aliphatic carbocycles. The summed E-state index contributed by atoms with van der Waals surface area (Å²) < 4.78 is 0. The first-order valence-corrected chi connectivity index (χ1v) is 8.19. The van der Waals surface area contributed by atoms with Gasteiger partial charge in [0.15, 0.2) is 0 Å². The van der Waals surface area contributed by atoms with Crippen LogP contribution in [0.5, 0.6) is 0 Å². The van der Waals surface area contributed by atoms with E-state index in [4.69, 9.17) is 0 Å². The van der Waals surface area contributed by atoms with Gasteiger partial charge in [0.1, 0.15) is 0 Å². The van der Waals surface area contributed by atoms with Crippen LogP contribution in [-0.2, 0) is 0 Å². The molecule has 1 aliphatic heterocycles. The van der Waals surface area contributed by atoms with Crippen LogP contribution in [0.15, 0.2) is 0 Å². The fraction of sp³-hybridized carbons (Fsp3) is 1.00. The van der Waals surface area contributed by atoms with Gasteiger partial charge in [-0.2, -0.15) is 0 Å². The number of nitrogens with one attached hydrogen (secondary N) is 1. The molecule has 1 saturated heterocycles. The summed E-state index contributed by atoms with van der Waals surface area (Å²) in [4.78, 5) is 2.82. The molecule has 2 unspecified atom stereocenters. The minimum absolute atomic E-state index is 0.777. The Morgan fingerprint density at radius 1 is 1.06 bits per heavy atom. The zero-order valence-electron chi connectivity index (χ0n) is 12.6. The van der Waals surface area contributed by atoms with E-state index in [1.165, 1.54) is 58.0 Å². The fourth-order valence-electron chi connectivity index (χ4n) is 3.84. The lowest BCUT2D eigenvalue weighted by molar-refractivity contribution is 0.0603. The monoisotopic (exact) mass is 252 g/mol. The van der Waals surface area contributed by atoms with E-state index in [1.54, 1.807) is 0 Å². The molecular weight excluding hydrogens is 220 g/mol. The van der Waals surface area contributed by atoms with E-state index in [0.717, 1.165) is 24.0 Å². The van der Waals surface area contributed by atoms with Crippen LogP contribution in [0.1, 0.15) is 65.7 Å². The minimum Gasteiger partial charge on any atom is -0.314 e. The van der Waals surface area contributed by atoms with Crippen LogP contribution in [-0.4, -0.2) is 36.1 Å². The summed E-state index contributed by atoms with van der Waals surface area (Å²) in [5.41, 5.74) is 0. The van der Waals surface area contributed by atoms with E-state index in [2.05, 4.69) is 31.0 Å². The van der Waals surface area contributed by atoms with E-state index in [0.29, 0.717) is 0 Å². The molecule has 0 spiro atoms. The second-order valence-corrected chi connectivity index (χ2v) is 6.68. The van der Waals surface area contributed by atoms with Crippen LogP contribution in [0.3, 0.4) is 0 Å². The number of likely N-dealkylation sites (tertiary alicyclic amines) is 1. The van der Waals surface area contributed by atoms with Crippen LogP contribution in [0, 0.1) is 5.92 Å². The average Bonchev–Trinajstić information content (AvgIpc) is 2.38. The lowest BCUT2D eigenvalue weighted by atomic mass is 9.84. The van der Waals surface area contributed by atoms with Crippen LogP contribution in [0.2, 0.25) is 0 Å². The molecule has 0 amide bonds. The number of nitrogens with zero attached hydrogens (tertiary/aromatic N) is 1. The molecule has 1 heterocycles. The second kappa shape index (κ2) is 6.91. The third-order valence-corrected chi connectivity index (χ3v) is 5.06. The molecule has 0 aromatic carbocycles. The molecule has 0 aromatic rings. The van der Waals surface area contributed by atoms with E-state index in [1.807, 2.05) is 0 Å². The highest BCUT2D eigenvalue weighted by molar-refractivity contribution is 4.88. The highest BCUT2D eigenvalue weighted by Crippen LogP contribution is 2.31. The SMILES string of the molecule is CCCNC1CCN(C2CCC(C)CC2)C(C)C1. The third kappa shape index (κ3) is 3.71. The Kier molecular flexibility index (Phi) is 5.50. The molecule has 0 aromatic heterocycles. The largest absolute Gasteiger partial charge is 0.314 e. The maximum atomic E-state index is 3.71. The normalized spacial score (nSPS) is 38.8. The first-order chi connectivity index (χ1) is 8.70. The first-order valence-electron chi connectivity index (χ1n) is 8.19. The van der Waals surface area contributed by atoms with Gasteiger partial charge in [0.25, 0.3) is 0 Å². The standard InChI is InChI=1S/C16H32N2/c1-4-10-17-15-9-11-18(14(3)12-15)16-7-5-13(2)6-8-16/h13-17H,4-12H2,1-3H3. The molecule has 0 bridgehead atoms. The smallest absolute Gasteiger partial charge is 0.00982 e. The first kappa shape index (κ1) is 14.3. The summed E-state index contributed by atoms with van der Waals surface area (Å²) in [7, 11) is 0. The number of hydrogen-bond donors (Lipinski definition) is 1. The molecule has 2 fully saturated rings. The van der Waals surface area contributed by atoms with Crippen LogP contribution in [0.25, 0.3) is 0 Å². The van der Waals surface area contributed by atoms with E-state index < -0.39 is 0 Å². The second-order valence-electron chi connectivity index (χ2n) is 6.68. The Morgan fingerprint density at radius 2 is 1.78 bits per heavy atom. The summed E-state index contributed by atoms with van der Waals surface area (Å²) >= 11 is 0. The molecule has 1 N–H and O–H groups in total. The van der Waals surface area contributed by atoms with Gasteiger partial charge in [0.05, 0.1) is 0 Å². The quantitative estimate of drug-likeness (QED) is 0.825. The Labute approximate surface area is 114 Å². The highest BCUT2D eigenvalue weighted by Gasteiger charge is 2.31. The van der Waals surface area contributed by atoms with Crippen LogP contribution >= 0.6 is 0 Å². The topological polar surface area (TPSA) is 15.3 Å². The zero-order chi connectivity index (χ0) is 13.0. The van der Waals surface area contributed by atoms with Gasteiger partial charge in [0, 0.05) is 24.7 Å². The van der Waals surface area contributed by atoms with Crippen molar-refractivity contribution >= 4 is 0 Å². The zero-order valence-corrected chi connectivity index (χ0v) is 12.6. The number of rotatable bonds is 4. The average molecular weight is 252 g/mol. The van der Waals surface area contributed by atoms with Crippen molar-refractivity contribution in [1.82, 2.24) is 10.2 Å². The maximum Gasteiger partial charge on any atom is 0.00982 e. The predicted octanol–water partition coefficient (Wildman–Crippen LogP) is 3.42. The fourth-order valence-corrected chi connectivity index (χ4v) is 3.84. The number of piperidine rings is 1. The Hall–Kier alpha value is -0.0800. The summed E-state index contributed by atoms with van der Waals surface area (Å²) in [5.74, 6) is 0.973. The summed E-state index contributed by atoms with van der Waals surface area (Å²) in [5, 5.41) is 3.71. The van der Waals surface area contributed by atoms with E-state index >= 15 is 0 Å². The van der Waals surface area contributed by atoms with Gasteiger partial charge in [-0.3, -0.25) is 4.90 Å². The molecule has 2 rings (SSSR count). The van der Waals surface area contributed by atoms with Crippen molar-refractivity contribution in [3.05, 3.63) is 0 Å². The van der Waals surface area contributed by atoms with Crippen molar-refractivity contribution in [2.75, 3.05) is 13.1 Å². The minimum atomic E-state index is 0.777. The maximum absolute atomic E-state index is 3.71. The molecule has 18 heavy (non-hydrogen) atoms. The lowest BCUT2D eigenvalue weighted by Gasteiger charge is -2.44. The molecular formula is C16H32N2. The van der Waals surface area contributed by atoms with Crippen molar-refractivity contribution in [2.24, 2.45) is 5.92 Å². The van der Waals surface area contributed by atoms with Crippen molar-refractivity contribution in [2.45, 2.75) is 83.8 Å².